The molecule has 0 saturated heterocycles. The van der Waals surface area contributed by atoms with Crippen LogP contribution in [0.15, 0.2) is 18.2 Å². The lowest BCUT2D eigenvalue weighted by Crippen LogP contribution is -2.43. The van der Waals surface area contributed by atoms with Gasteiger partial charge in [-0.3, -0.25) is 0 Å². The van der Waals surface area contributed by atoms with E-state index in [1.165, 1.54) is 25.0 Å². The molecule has 0 radical (unpaired) electrons. The van der Waals surface area contributed by atoms with Gasteiger partial charge in [0.25, 0.3) is 0 Å². The molecule has 1 fully saturated rings. The van der Waals surface area contributed by atoms with Crippen molar-refractivity contribution < 1.29 is 9.13 Å². The first-order valence-electron chi connectivity index (χ1n) is 6.90. The van der Waals surface area contributed by atoms with E-state index >= 15 is 0 Å². The van der Waals surface area contributed by atoms with E-state index in [9.17, 15) is 4.39 Å². The molecule has 1 aromatic rings. The minimum Gasteiger partial charge on any atom is -0.375 e. The van der Waals surface area contributed by atoms with Crippen LogP contribution in [-0.2, 0) is 11.3 Å². The number of hydrogen-bond acceptors (Lipinski definition) is 2. The van der Waals surface area contributed by atoms with Crippen molar-refractivity contribution in [3.8, 4) is 0 Å². The summed E-state index contributed by atoms with van der Waals surface area (Å²) in [5.41, 5.74) is 6.59. The predicted molar refractivity (Wildman–Crippen MR) is 75.7 cm³/mol. The van der Waals surface area contributed by atoms with Crippen LogP contribution < -0.4 is 5.73 Å². The standard InChI is InChI=1S/C15H21ClFNO/c16-13-5-6-14(17)12(9-13)10-19-11-15(18)7-3-1-2-4-8-15/h5-6,9H,1-4,7-8,10-11,18H2. The van der Waals surface area contributed by atoms with Crippen molar-refractivity contribution in [2.24, 2.45) is 5.73 Å². The molecule has 1 saturated carbocycles. The fraction of sp³-hybridized carbons (Fsp3) is 0.600. The van der Waals surface area contributed by atoms with E-state index in [4.69, 9.17) is 22.1 Å². The van der Waals surface area contributed by atoms with Gasteiger partial charge in [-0.25, -0.2) is 4.39 Å². The highest BCUT2D eigenvalue weighted by molar-refractivity contribution is 6.30. The molecule has 4 heteroatoms. The number of hydrogen-bond donors (Lipinski definition) is 1. The van der Waals surface area contributed by atoms with Crippen molar-refractivity contribution >= 4 is 11.6 Å². The maximum atomic E-state index is 13.5. The Bertz CT molecular complexity index is 417. The van der Waals surface area contributed by atoms with Crippen LogP contribution in [0.5, 0.6) is 0 Å². The van der Waals surface area contributed by atoms with Crippen LogP contribution in [0, 0.1) is 5.82 Å². The third-order valence-electron chi connectivity index (χ3n) is 3.75. The van der Waals surface area contributed by atoms with E-state index in [0.29, 0.717) is 17.2 Å². The first-order valence-corrected chi connectivity index (χ1v) is 7.27. The third-order valence-corrected chi connectivity index (χ3v) is 3.99. The molecule has 0 aliphatic heterocycles. The summed E-state index contributed by atoms with van der Waals surface area (Å²) in [6.07, 6.45) is 6.80. The molecule has 0 atom stereocenters. The first-order chi connectivity index (χ1) is 9.09. The molecule has 0 unspecified atom stereocenters. The van der Waals surface area contributed by atoms with E-state index in [1.54, 1.807) is 6.07 Å². The van der Waals surface area contributed by atoms with Gasteiger partial charge in [0.1, 0.15) is 5.82 Å². The van der Waals surface area contributed by atoms with Gasteiger partial charge in [0.2, 0.25) is 0 Å². The van der Waals surface area contributed by atoms with E-state index in [2.05, 4.69) is 0 Å². The molecule has 1 aliphatic carbocycles. The minimum absolute atomic E-state index is 0.228. The zero-order valence-corrected chi connectivity index (χ0v) is 11.9. The molecule has 19 heavy (non-hydrogen) atoms. The molecule has 0 amide bonds. The Morgan fingerprint density at radius 3 is 2.58 bits per heavy atom. The summed E-state index contributed by atoms with van der Waals surface area (Å²) < 4.78 is 19.2. The second-order valence-corrected chi connectivity index (χ2v) is 5.94. The molecular formula is C15H21ClFNO. The summed E-state index contributed by atoms with van der Waals surface area (Å²) in [6.45, 7) is 0.713. The second kappa shape index (κ2) is 6.69. The SMILES string of the molecule is NC1(COCc2cc(Cl)ccc2F)CCCCCC1. The highest BCUT2D eigenvalue weighted by atomic mass is 35.5. The number of nitrogens with two attached hydrogens (primary N) is 1. The maximum absolute atomic E-state index is 13.5. The molecule has 2 rings (SSSR count). The molecule has 1 aliphatic rings. The van der Waals surface area contributed by atoms with E-state index in [-0.39, 0.29) is 18.0 Å². The maximum Gasteiger partial charge on any atom is 0.128 e. The molecule has 2 N–H and O–H groups in total. The lowest BCUT2D eigenvalue weighted by molar-refractivity contribution is 0.0652. The van der Waals surface area contributed by atoms with Gasteiger partial charge in [-0.1, -0.05) is 37.3 Å². The summed E-state index contributed by atoms with van der Waals surface area (Å²) in [4.78, 5) is 0. The average Bonchev–Trinajstić information content (AvgIpc) is 2.59. The minimum atomic E-state index is -0.281. The van der Waals surface area contributed by atoms with E-state index < -0.39 is 0 Å². The van der Waals surface area contributed by atoms with Gasteiger partial charge in [-0.2, -0.15) is 0 Å². The topological polar surface area (TPSA) is 35.2 Å². The fourth-order valence-electron chi connectivity index (χ4n) is 2.60. The van der Waals surface area contributed by atoms with E-state index in [0.717, 1.165) is 25.7 Å². The van der Waals surface area contributed by atoms with Crippen molar-refractivity contribution in [1.82, 2.24) is 0 Å². The monoisotopic (exact) mass is 285 g/mol. The Morgan fingerprint density at radius 2 is 1.89 bits per heavy atom. The van der Waals surface area contributed by atoms with Crippen LogP contribution in [0.2, 0.25) is 5.02 Å². The molecule has 2 nitrogen and oxygen atoms in total. The molecule has 0 aromatic heterocycles. The van der Waals surface area contributed by atoms with Crippen molar-refractivity contribution in [3.63, 3.8) is 0 Å². The number of rotatable bonds is 4. The number of ether oxygens (including phenoxy) is 1. The van der Waals surface area contributed by atoms with Crippen LogP contribution in [0.3, 0.4) is 0 Å². The Hall–Kier alpha value is -0.640. The zero-order chi connectivity index (χ0) is 13.7. The zero-order valence-electron chi connectivity index (χ0n) is 11.1. The summed E-state index contributed by atoms with van der Waals surface area (Å²) in [7, 11) is 0. The van der Waals surface area contributed by atoms with Crippen LogP contribution in [0.1, 0.15) is 44.1 Å². The first kappa shape index (κ1) is 14.8. The Morgan fingerprint density at radius 1 is 1.21 bits per heavy atom. The van der Waals surface area contributed by atoms with Crippen molar-refractivity contribution in [3.05, 3.63) is 34.6 Å². The Labute approximate surface area is 119 Å². The van der Waals surface area contributed by atoms with Crippen LogP contribution in [0.25, 0.3) is 0 Å². The van der Waals surface area contributed by atoms with Gasteiger partial charge in [-0.05, 0) is 31.0 Å². The lowest BCUT2D eigenvalue weighted by atomic mass is 9.92. The van der Waals surface area contributed by atoms with Crippen molar-refractivity contribution in [2.75, 3.05) is 6.61 Å². The lowest BCUT2D eigenvalue weighted by Gasteiger charge is -2.27. The molecule has 106 valence electrons. The summed E-state index contributed by atoms with van der Waals surface area (Å²) in [5, 5.41) is 0.525. The quantitative estimate of drug-likeness (QED) is 0.847. The highest BCUT2D eigenvalue weighted by Crippen LogP contribution is 2.25. The second-order valence-electron chi connectivity index (χ2n) is 5.51. The summed E-state index contributed by atoms with van der Waals surface area (Å²) in [6, 6.07) is 4.51. The number of benzene rings is 1. The van der Waals surface area contributed by atoms with Crippen LogP contribution in [0.4, 0.5) is 4.39 Å². The third kappa shape index (κ3) is 4.44. The van der Waals surface area contributed by atoms with Gasteiger partial charge in [0.05, 0.1) is 13.2 Å². The molecule has 0 spiro atoms. The van der Waals surface area contributed by atoms with Crippen LogP contribution in [-0.4, -0.2) is 12.1 Å². The Balaban J connectivity index is 1.86. The van der Waals surface area contributed by atoms with Gasteiger partial charge >= 0.3 is 0 Å². The normalized spacial score (nSPS) is 19.1. The van der Waals surface area contributed by atoms with E-state index in [1.807, 2.05) is 0 Å². The van der Waals surface area contributed by atoms with Crippen molar-refractivity contribution in [2.45, 2.75) is 50.7 Å². The molecule has 0 heterocycles. The highest BCUT2D eigenvalue weighted by Gasteiger charge is 2.26. The molecule has 0 bridgehead atoms. The summed E-state index contributed by atoms with van der Waals surface area (Å²) in [5.74, 6) is -0.281. The molecular weight excluding hydrogens is 265 g/mol. The number of halogens is 2. The predicted octanol–water partition coefficient (Wildman–Crippen LogP) is 4.05. The largest absolute Gasteiger partial charge is 0.375 e. The van der Waals surface area contributed by atoms with Crippen LogP contribution >= 0.6 is 11.6 Å². The van der Waals surface area contributed by atoms with Crippen molar-refractivity contribution in [1.29, 1.82) is 0 Å². The summed E-state index contributed by atoms with van der Waals surface area (Å²) >= 11 is 5.85. The van der Waals surface area contributed by atoms with Gasteiger partial charge in [0.15, 0.2) is 0 Å². The average molecular weight is 286 g/mol. The van der Waals surface area contributed by atoms with Gasteiger partial charge in [-0.15, -0.1) is 0 Å². The fourth-order valence-corrected chi connectivity index (χ4v) is 2.79. The molecule has 1 aromatic carbocycles. The smallest absolute Gasteiger partial charge is 0.128 e. The van der Waals surface area contributed by atoms with Gasteiger partial charge < -0.3 is 10.5 Å². The Kier molecular flexibility index (Phi) is 5.20. The van der Waals surface area contributed by atoms with Gasteiger partial charge in [0, 0.05) is 16.1 Å².